The SMILES string of the molecule is CC(C)(C)OC(=O)N1CC(C2CCC2)C[C@@H]1COc1ncccc1Cl. The number of hydrogen-bond donors (Lipinski definition) is 0. The summed E-state index contributed by atoms with van der Waals surface area (Å²) in [5.41, 5.74) is -0.499. The van der Waals surface area contributed by atoms with Crippen LogP contribution in [0.5, 0.6) is 5.88 Å². The molecule has 6 heteroatoms. The van der Waals surface area contributed by atoms with E-state index in [-0.39, 0.29) is 12.1 Å². The van der Waals surface area contributed by atoms with E-state index in [4.69, 9.17) is 21.1 Å². The van der Waals surface area contributed by atoms with Crippen LogP contribution in [0.4, 0.5) is 4.79 Å². The van der Waals surface area contributed by atoms with Crippen LogP contribution < -0.4 is 4.74 Å². The highest BCUT2D eigenvalue weighted by Gasteiger charge is 2.42. The van der Waals surface area contributed by atoms with E-state index >= 15 is 0 Å². The Labute approximate surface area is 154 Å². The predicted molar refractivity (Wildman–Crippen MR) is 96.9 cm³/mol. The first kappa shape index (κ1) is 18.3. The summed E-state index contributed by atoms with van der Waals surface area (Å²) in [5.74, 6) is 1.68. The van der Waals surface area contributed by atoms with Crippen molar-refractivity contribution in [2.75, 3.05) is 13.2 Å². The van der Waals surface area contributed by atoms with Crippen molar-refractivity contribution >= 4 is 17.7 Å². The van der Waals surface area contributed by atoms with Crippen molar-refractivity contribution in [1.82, 2.24) is 9.88 Å². The van der Waals surface area contributed by atoms with Crippen LogP contribution in [0.25, 0.3) is 0 Å². The highest BCUT2D eigenvalue weighted by atomic mass is 35.5. The lowest BCUT2D eigenvalue weighted by molar-refractivity contribution is 0.0176. The van der Waals surface area contributed by atoms with Gasteiger partial charge in [-0.15, -0.1) is 0 Å². The van der Waals surface area contributed by atoms with Crippen molar-refractivity contribution in [2.24, 2.45) is 11.8 Å². The Morgan fingerprint density at radius 1 is 1.36 bits per heavy atom. The molecule has 0 spiro atoms. The molecule has 1 saturated carbocycles. The summed E-state index contributed by atoms with van der Waals surface area (Å²) in [6.45, 7) is 6.82. The number of nitrogens with zero attached hydrogens (tertiary/aromatic N) is 2. The molecule has 138 valence electrons. The third-order valence-electron chi connectivity index (χ3n) is 5.03. The molecule has 2 aliphatic rings. The number of amides is 1. The molecule has 1 amide bonds. The molecule has 1 aromatic rings. The zero-order valence-corrected chi connectivity index (χ0v) is 16.0. The molecule has 0 N–H and O–H groups in total. The third kappa shape index (κ3) is 4.57. The van der Waals surface area contributed by atoms with E-state index in [0.717, 1.165) is 18.9 Å². The van der Waals surface area contributed by atoms with Crippen LogP contribution in [-0.2, 0) is 4.74 Å². The second kappa shape index (κ2) is 7.40. The summed E-state index contributed by atoms with van der Waals surface area (Å²) >= 11 is 6.11. The number of halogens is 1. The Hall–Kier alpha value is -1.49. The van der Waals surface area contributed by atoms with Crippen LogP contribution in [0.2, 0.25) is 5.02 Å². The lowest BCUT2D eigenvalue weighted by atomic mass is 9.75. The van der Waals surface area contributed by atoms with Crippen molar-refractivity contribution in [3.63, 3.8) is 0 Å². The highest BCUT2D eigenvalue weighted by Crippen LogP contribution is 2.40. The van der Waals surface area contributed by atoms with Gasteiger partial charge in [0.1, 0.15) is 17.2 Å². The minimum Gasteiger partial charge on any atom is -0.474 e. The number of pyridine rings is 1. The van der Waals surface area contributed by atoms with Crippen LogP contribution >= 0.6 is 11.6 Å². The quantitative estimate of drug-likeness (QED) is 0.785. The second-order valence-electron chi connectivity index (χ2n) is 8.07. The minimum atomic E-state index is -0.499. The van der Waals surface area contributed by atoms with Crippen LogP contribution in [-0.4, -0.2) is 40.8 Å². The van der Waals surface area contributed by atoms with Gasteiger partial charge < -0.3 is 14.4 Å². The van der Waals surface area contributed by atoms with Gasteiger partial charge in [0.2, 0.25) is 5.88 Å². The summed E-state index contributed by atoms with van der Waals surface area (Å²) in [5, 5.41) is 0.486. The fourth-order valence-electron chi connectivity index (χ4n) is 3.56. The minimum absolute atomic E-state index is 0.00137. The van der Waals surface area contributed by atoms with E-state index in [0.29, 0.717) is 23.4 Å². The summed E-state index contributed by atoms with van der Waals surface area (Å²) in [7, 11) is 0. The maximum Gasteiger partial charge on any atom is 0.410 e. The van der Waals surface area contributed by atoms with E-state index in [1.54, 1.807) is 18.3 Å². The van der Waals surface area contributed by atoms with E-state index in [9.17, 15) is 4.79 Å². The number of hydrogen-bond acceptors (Lipinski definition) is 4. The zero-order chi connectivity index (χ0) is 18.0. The fraction of sp³-hybridized carbons (Fsp3) is 0.684. The largest absolute Gasteiger partial charge is 0.474 e. The standard InChI is InChI=1S/C19H27ClN2O3/c1-19(2,3)25-18(23)22-11-14(13-6-4-7-13)10-15(22)12-24-17-16(20)8-5-9-21-17/h5,8-9,13-15H,4,6-7,10-12H2,1-3H3/t14?,15-/m1/s1. The second-order valence-corrected chi connectivity index (χ2v) is 8.48. The predicted octanol–water partition coefficient (Wildman–Crippen LogP) is 4.54. The summed E-state index contributed by atoms with van der Waals surface area (Å²) < 4.78 is 11.4. The van der Waals surface area contributed by atoms with Gasteiger partial charge in [0.25, 0.3) is 0 Å². The maximum atomic E-state index is 12.6. The van der Waals surface area contributed by atoms with Gasteiger partial charge in [0.15, 0.2) is 0 Å². The molecule has 2 fully saturated rings. The molecule has 2 heterocycles. The summed E-state index contributed by atoms with van der Waals surface area (Å²) in [6.07, 6.45) is 6.19. The number of carbonyl (C=O) groups is 1. The number of rotatable bonds is 4. The molecule has 1 unspecified atom stereocenters. The van der Waals surface area contributed by atoms with Gasteiger partial charge in [0.05, 0.1) is 6.04 Å². The van der Waals surface area contributed by atoms with Crippen molar-refractivity contribution in [3.8, 4) is 5.88 Å². The molecule has 25 heavy (non-hydrogen) atoms. The summed E-state index contributed by atoms with van der Waals surface area (Å²) in [4.78, 5) is 18.6. The van der Waals surface area contributed by atoms with Gasteiger partial charge in [0, 0.05) is 12.7 Å². The first-order valence-electron chi connectivity index (χ1n) is 9.06. The van der Waals surface area contributed by atoms with E-state index in [2.05, 4.69) is 4.98 Å². The van der Waals surface area contributed by atoms with Crippen LogP contribution in [0, 0.1) is 11.8 Å². The van der Waals surface area contributed by atoms with Crippen LogP contribution in [0.3, 0.4) is 0 Å². The Balaban J connectivity index is 1.66. The average molecular weight is 367 g/mol. The Kier molecular flexibility index (Phi) is 5.42. The topological polar surface area (TPSA) is 51.7 Å². The Bertz CT molecular complexity index is 613. The van der Waals surface area contributed by atoms with Gasteiger partial charge in [-0.25, -0.2) is 9.78 Å². The first-order chi connectivity index (χ1) is 11.8. The van der Waals surface area contributed by atoms with Crippen molar-refractivity contribution in [1.29, 1.82) is 0 Å². The third-order valence-corrected chi connectivity index (χ3v) is 5.32. The van der Waals surface area contributed by atoms with Crippen molar-refractivity contribution in [2.45, 2.75) is 58.1 Å². The highest BCUT2D eigenvalue weighted by molar-refractivity contribution is 6.31. The molecule has 1 aliphatic carbocycles. The van der Waals surface area contributed by atoms with E-state index in [1.165, 1.54) is 19.3 Å². The molecule has 0 radical (unpaired) electrons. The van der Waals surface area contributed by atoms with Gasteiger partial charge in [-0.1, -0.05) is 30.9 Å². The smallest absolute Gasteiger partial charge is 0.410 e. The van der Waals surface area contributed by atoms with Gasteiger partial charge in [-0.2, -0.15) is 0 Å². The number of aromatic nitrogens is 1. The molecule has 5 nitrogen and oxygen atoms in total. The normalized spacial score (nSPS) is 24.1. The molecule has 2 atom stereocenters. The molecular weight excluding hydrogens is 340 g/mol. The average Bonchev–Trinajstić information content (AvgIpc) is 2.86. The van der Waals surface area contributed by atoms with Crippen LogP contribution in [0.15, 0.2) is 18.3 Å². The fourth-order valence-corrected chi connectivity index (χ4v) is 3.74. The molecule has 0 aromatic carbocycles. The van der Waals surface area contributed by atoms with Crippen molar-refractivity contribution < 1.29 is 14.3 Å². The molecule has 0 bridgehead atoms. The number of carbonyl (C=O) groups excluding carboxylic acids is 1. The first-order valence-corrected chi connectivity index (χ1v) is 9.44. The lowest BCUT2D eigenvalue weighted by Crippen LogP contribution is -2.42. The summed E-state index contributed by atoms with van der Waals surface area (Å²) in [6, 6.07) is 3.52. The number of likely N-dealkylation sites (tertiary alicyclic amines) is 1. The monoisotopic (exact) mass is 366 g/mol. The molecule has 1 saturated heterocycles. The van der Waals surface area contributed by atoms with Gasteiger partial charge in [-0.05, 0) is 51.2 Å². The van der Waals surface area contributed by atoms with Gasteiger partial charge in [-0.3, -0.25) is 0 Å². The van der Waals surface area contributed by atoms with E-state index in [1.807, 2.05) is 25.7 Å². The number of ether oxygens (including phenoxy) is 2. The Morgan fingerprint density at radius 2 is 2.12 bits per heavy atom. The lowest BCUT2D eigenvalue weighted by Gasteiger charge is -2.31. The molecule has 1 aromatic heterocycles. The molecule has 1 aliphatic heterocycles. The van der Waals surface area contributed by atoms with Crippen molar-refractivity contribution in [3.05, 3.63) is 23.4 Å². The van der Waals surface area contributed by atoms with Gasteiger partial charge >= 0.3 is 6.09 Å². The maximum absolute atomic E-state index is 12.6. The zero-order valence-electron chi connectivity index (χ0n) is 15.2. The molecular formula is C19H27ClN2O3. The molecule has 3 rings (SSSR count). The van der Waals surface area contributed by atoms with E-state index < -0.39 is 5.60 Å². The van der Waals surface area contributed by atoms with Crippen LogP contribution in [0.1, 0.15) is 46.5 Å². The Morgan fingerprint density at radius 3 is 2.72 bits per heavy atom.